The first-order valence-electron chi connectivity index (χ1n) is 8.14. The van der Waals surface area contributed by atoms with Crippen LogP contribution in [0, 0.1) is 0 Å². The number of hydrogen-bond acceptors (Lipinski definition) is 2. The van der Waals surface area contributed by atoms with E-state index in [0.717, 1.165) is 11.0 Å². The first-order valence-corrected chi connectivity index (χ1v) is 8.14. The Bertz CT molecular complexity index is 836. The minimum atomic E-state index is -4.56. The van der Waals surface area contributed by atoms with Crippen LogP contribution in [-0.4, -0.2) is 16.8 Å². The van der Waals surface area contributed by atoms with Crippen molar-refractivity contribution >= 4 is 11.9 Å². The highest BCUT2D eigenvalue weighted by molar-refractivity contribution is 6.07. The van der Waals surface area contributed by atoms with Gasteiger partial charge in [-0.05, 0) is 23.6 Å². The van der Waals surface area contributed by atoms with Crippen molar-refractivity contribution < 1.29 is 22.8 Å². The van der Waals surface area contributed by atoms with Crippen LogP contribution >= 0.6 is 0 Å². The largest absolute Gasteiger partial charge is 0.416 e. The van der Waals surface area contributed by atoms with Gasteiger partial charge in [0.25, 0.3) is 5.91 Å². The first kappa shape index (κ1) is 18.0. The normalized spacial score (nSPS) is 20.4. The Morgan fingerprint density at radius 1 is 1.00 bits per heavy atom. The summed E-state index contributed by atoms with van der Waals surface area (Å²) in [5.41, 5.74) is -1.63. The second-order valence-electron chi connectivity index (χ2n) is 6.10. The van der Waals surface area contributed by atoms with E-state index in [1.165, 1.54) is 18.2 Å². The Hall–Kier alpha value is -2.83. The molecule has 0 aliphatic carbocycles. The number of urea groups is 1. The van der Waals surface area contributed by atoms with E-state index in [-0.39, 0.29) is 5.56 Å². The molecule has 136 valence electrons. The van der Waals surface area contributed by atoms with Gasteiger partial charge >= 0.3 is 12.2 Å². The predicted molar refractivity (Wildman–Crippen MR) is 88.9 cm³/mol. The zero-order valence-electron chi connectivity index (χ0n) is 14.0. The van der Waals surface area contributed by atoms with Crippen molar-refractivity contribution in [2.45, 2.75) is 31.6 Å². The van der Waals surface area contributed by atoms with Crippen LogP contribution in [0.25, 0.3) is 0 Å². The molecule has 0 bridgehead atoms. The summed E-state index contributed by atoms with van der Waals surface area (Å²) in [6, 6.07) is 13.0. The first-order chi connectivity index (χ1) is 12.3. The fraction of sp³-hybridized carbons (Fsp3) is 0.263. The monoisotopic (exact) mass is 362 g/mol. The quantitative estimate of drug-likeness (QED) is 0.834. The van der Waals surface area contributed by atoms with Gasteiger partial charge in [0.05, 0.1) is 12.1 Å². The number of nitrogens with zero attached hydrogens (tertiary/aromatic N) is 1. The van der Waals surface area contributed by atoms with Crippen molar-refractivity contribution in [3.05, 3.63) is 71.3 Å². The van der Waals surface area contributed by atoms with Crippen molar-refractivity contribution in [3.8, 4) is 0 Å². The summed E-state index contributed by atoms with van der Waals surface area (Å²) < 4.78 is 39.6. The van der Waals surface area contributed by atoms with Crippen molar-refractivity contribution in [1.29, 1.82) is 0 Å². The Kier molecular flexibility index (Phi) is 4.48. The third kappa shape index (κ3) is 2.94. The van der Waals surface area contributed by atoms with Gasteiger partial charge in [-0.3, -0.25) is 9.69 Å². The van der Waals surface area contributed by atoms with Gasteiger partial charge < -0.3 is 5.32 Å². The molecular formula is C19H17F3N2O2. The number of halogens is 3. The highest BCUT2D eigenvalue weighted by atomic mass is 19.4. The molecule has 3 amide bonds. The standard InChI is InChI=1S/C19H17F3N2O2/c1-2-18(14-9-4-3-5-10-14)16(25)24(17(26)23-18)12-13-8-6-7-11-15(13)19(20,21)22/h3-11H,2,12H2,1H3,(H,23,26)/t18-/m0/s1. The molecule has 1 atom stereocenters. The molecule has 1 heterocycles. The lowest BCUT2D eigenvalue weighted by molar-refractivity contribution is -0.139. The Morgan fingerprint density at radius 2 is 1.62 bits per heavy atom. The summed E-state index contributed by atoms with van der Waals surface area (Å²) in [6.07, 6.45) is -4.27. The van der Waals surface area contributed by atoms with Crippen LogP contribution in [0.1, 0.15) is 30.0 Å². The number of carbonyl (C=O) groups excluding carboxylic acids is 2. The zero-order chi connectivity index (χ0) is 18.9. The van der Waals surface area contributed by atoms with Crippen LogP contribution in [0.15, 0.2) is 54.6 Å². The van der Waals surface area contributed by atoms with E-state index in [1.54, 1.807) is 37.3 Å². The Morgan fingerprint density at radius 3 is 2.23 bits per heavy atom. The summed E-state index contributed by atoms with van der Waals surface area (Å²) >= 11 is 0. The lowest BCUT2D eigenvalue weighted by atomic mass is 9.87. The molecule has 3 rings (SSSR count). The zero-order valence-corrected chi connectivity index (χ0v) is 14.0. The van der Waals surface area contributed by atoms with E-state index in [2.05, 4.69) is 5.32 Å². The van der Waals surface area contributed by atoms with Gasteiger partial charge in [-0.25, -0.2) is 4.79 Å². The third-order valence-electron chi connectivity index (χ3n) is 4.62. The molecule has 4 nitrogen and oxygen atoms in total. The van der Waals surface area contributed by atoms with Crippen molar-refractivity contribution in [2.75, 3.05) is 0 Å². The smallest absolute Gasteiger partial charge is 0.319 e. The minimum Gasteiger partial charge on any atom is -0.319 e. The van der Waals surface area contributed by atoms with Crippen molar-refractivity contribution in [3.63, 3.8) is 0 Å². The number of amides is 3. The van der Waals surface area contributed by atoms with Gasteiger partial charge in [-0.15, -0.1) is 0 Å². The van der Waals surface area contributed by atoms with Crippen LogP contribution in [0.5, 0.6) is 0 Å². The number of rotatable bonds is 4. The number of carbonyl (C=O) groups is 2. The number of benzene rings is 2. The Labute approximate surface area is 148 Å². The van der Waals surface area contributed by atoms with E-state index in [0.29, 0.717) is 12.0 Å². The molecule has 0 radical (unpaired) electrons. The molecule has 26 heavy (non-hydrogen) atoms. The second kappa shape index (κ2) is 6.48. The lowest BCUT2D eigenvalue weighted by Gasteiger charge is -2.26. The molecule has 7 heteroatoms. The van der Waals surface area contributed by atoms with Crippen molar-refractivity contribution in [2.24, 2.45) is 0 Å². The fourth-order valence-electron chi connectivity index (χ4n) is 3.24. The summed E-state index contributed by atoms with van der Waals surface area (Å²) in [7, 11) is 0. The molecule has 0 saturated carbocycles. The fourth-order valence-corrected chi connectivity index (χ4v) is 3.24. The molecule has 0 aromatic heterocycles. The molecule has 1 N–H and O–H groups in total. The summed E-state index contributed by atoms with van der Waals surface area (Å²) in [4.78, 5) is 26.3. The SMILES string of the molecule is CC[C@@]1(c2ccccc2)NC(=O)N(Cc2ccccc2C(F)(F)F)C1=O. The predicted octanol–water partition coefficient (Wildman–Crippen LogP) is 4.06. The summed E-state index contributed by atoms with van der Waals surface area (Å²) in [6.45, 7) is 1.31. The maximum Gasteiger partial charge on any atom is 0.416 e. The average molecular weight is 362 g/mol. The molecule has 1 aliphatic rings. The van der Waals surface area contributed by atoms with Crippen LogP contribution in [0.2, 0.25) is 0 Å². The van der Waals surface area contributed by atoms with Crippen LogP contribution in [0.3, 0.4) is 0 Å². The number of imide groups is 1. The molecule has 0 unspecified atom stereocenters. The minimum absolute atomic E-state index is 0.122. The summed E-state index contributed by atoms with van der Waals surface area (Å²) in [5, 5.41) is 2.67. The molecule has 1 aliphatic heterocycles. The van der Waals surface area contributed by atoms with E-state index in [1.807, 2.05) is 0 Å². The molecular weight excluding hydrogens is 345 g/mol. The van der Waals surface area contributed by atoms with E-state index >= 15 is 0 Å². The topological polar surface area (TPSA) is 49.4 Å². The highest BCUT2D eigenvalue weighted by Crippen LogP contribution is 2.36. The molecule has 1 saturated heterocycles. The highest BCUT2D eigenvalue weighted by Gasteiger charge is 2.51. The maximum absolute atomic E-state index is 13.2. The maximum atomic E-state index is 13.2. The van der Waals surface area contributed by atoms with Gasteiger partial charge in [0, 0.05) is 0 Å². The van der Waals surface area contributed by atoms with E-state index < -0.39 is 35.8 Å². The van der Waals surface area contributed by atoms with Crippen LogP contribution < -0.4 is 5.32 Å². The van der Waals surface area contributed by atoms with Gasteiger partial charge in [0.2, 0.25) is 0 Å². The number of alkyl halides is 3. The summed E-state index contributed by atoms with van der Waals surface area (Å²) in [5.74, 6) is -0.548. The second-order valence-corrected chi connectivity index (χ2v) is 6.10. The van der Waals surface area contributed by atoms with Gasteiger partial charge in [0.1, 0.15) is 5.54 Å². The number of hydrogen-bond donors (Lipinski definition) is 1. The average Bonchev–Trinajstić information content (AvgIpc) is 2.87. The molecule has 1 fully saturated rings. The Balaban J connectivity index is 1.97. The van der Waals surface area contributed by atoms with E-state index in [9.17, 15) is 22.8 Å². The van der Waals surface area contributed by atoms with Crippen LogP contribution in [-0.2, 0) is 23.1 Å². The van der Waals surface area contributed by atoms with Crippen LogP contribution in [0.4, 0.5) is 18.0 Å². The van der Waals surface area contributed by atoms with Gasteiger partial charge in [-0.1, -0.05) is 55.5 Å². The molecule has 2 aromatic rings. The number of nitrogens with one attached hydrogen (secondary N) is 1. The lowest BCUT2D eigenvalue weighted by Crippen LogP contribution is -2.43. The van der Waals surface area contributed by atoms with Gasteiger partial charge in [-0.2, -0.15) is 13.2 Å². The molecule has 0 spiro atoms. The van der Waals surface area contributed by atoms with Crippen molar-refractivity contribution in [1.82, 2.24) is 10.2 Å². The van der Waals surface area contributed by atoms with E-state index in [4.69, 9.17) is 0 Å². The third-order valence-corrected chi connectivity index (χ3v) is 4.62. The van der Waals surface area contributed by atoms with Gasteiger partial charge in [0.15, 0.2) is 0 Å². The molecule has 2 aromatic carbocycles.